The van der Waals surface area contributed by atoms with Gasteiger partial charge < -0.3 is 4.74 Å². The quantitative estimate of drug-likeness (QED) is 0.775. The molecule has 0 amide bonds. The largest absolute Gasteiger partial charge is 0.496 e. The summed E-state index contributed by atoms with van der Waals surface area (Å²) in [7, 11) is 1.70. The molecule has 0 unspecified atom stereocenters. The molecule has 3 heteroatoms. The molecule has 3 nitrogen and oxygen atoms in total. The van der Waals surface area contributed by atoms with Crippen molar-refractivity contribution < 1.29 is 4.74 Å². The van der Waals surface area contributed by atoms with E-state index in [-0.39, 0.29) is 5.41 Å². The van der Waals surface area contributed by atoms with Crippen LogP contribution in [-0.2, 0) is 5.41 Å². The van der Waals surface area contributed by atoms with Gasteiger partial charge in [0, 0.05) is 17.0 Å². The summed E-state index contributed by atoms with van der Waals surface area (Å²) in [5.74, 6) is 0.916. The van der Waals surface area contributed by atoms with Crippen molar-refractivity contribution >= 4 is 10.9 Å². The van der Waals surface area contributed by atoms with Gasteiger partial charge in [0.2, 0.25) is 0 Å². The molecule has 0 aliphatic rings. The lowest BCUT2D eigenvalue weighted by molar-refractivity contribution is 0.398. The van der Waals surface area contributed by atoms with E-state index in [1.165, 1.54) is 5.56 Å². The number of benzene rings is 1. The molecule has 0 aliphatic carbocycles. The minimum Gasteiger partial charge on any atom is -0.496 e. The van der Waals surface area contributed by atoms with E-state index in [0.717, 1.165) is 16.7 Å². The number of rotatable bonds is 1. The highest BCUT2D eigenvalue weighted by Gasteiger charge is 2.19. The van der Waals surface area contributed by atoms with E-state index in [0.29, 0.717) is 0 Å². The van der Waals surface area contributed by atoms with Crippen LogP contribution in [0, 0.1) is 0 Å². The van der Waals surface area contributed by atoms with Crippen LogP contribution >= 0.6 is 0 Å². The second kappa shape index (κ2) is 3.26. The maximum Gasteiger partial charge on any atom is 0.124 e. The van der Waals surface area contributed by atoms with Gasteiger partial charge in [0.15, 0.2) is 0 Å². The molecule has 2 rings (SSSR count). The summed E-state index contributed by atoms with van der Waals surface area (Å²) in [6.45, 7) is 6.53. The van der Waals surface area contributed by atoms with Crippen molar-refractivity contribution in [3.63, 3.8) is 0 Å². The van der Waals surface area contributed by atoms with Crippen LogP contribution in [-0.4, -0.2) is 17.3 Å². The van der Waals surface area contributed by atoms with Crippen molar-refractivity contribution in [2.45, 2.75) is 26.2 Å². The number of hydrogen-bond acceptors (Lipinski definition) is 2. The average Bonchev–Trinajstić information content (AvgIpc) is 2.60. The number of aromatic nitrogens is 2. The molecule has 15 heavy (non-hydrogen) atoms. The third-order valence-electron chi connectivity index (χ3n) is 2.57. The van der Waals surface area contributed by atoms with Crippen molar-refractivity contribution in [2.24, 2.45) is 0 Å². The molecule has 1 N–H and O–H groups in total. The van der Waals surface area contributed by atoms with E-state index in [2.05, 4.69) is 37.0 Å². The highest BCUT2D eigenvalue weighted by atomic mass is 16.5. The highest BCUT2D eigenvalue weighted by molar-refractivity contribution is 5.81. The van der Waals surface area contributed by atoms with Crippen molar-refractivity contribution in [1.29, 1.82) is 0 Å². The lowest BCUT2D eigenvalue weighted by Gasteiger charge is -2.22. The van der Waals surface area contributed by atoms with E-state index < -0.39 is 0 Å². The normalized spacial score (nSPS) is 12.0. The Balaban J connectivity index is 2.70. The summed E-state index contributed by atoms with van der Waals surface area (Å²) in [4.78, 5) is 0. The Hall–Kier alpha value is -1.51. The molecule has 0 atom stereocenters. The fraction of sp³-hybridized carbons (Fsp3) is 0.417. The van der Waals surface area contributed by atoms with Crippen LogP contribution in [0.4, 0.5) is 0 Å². The molecule has 1 heterocycles. The number of nitrogens with one attached hydrogen (secondary N) is 1. The van der Waals surface area contributed by atoms with Crippen LogP contribution in [0.2, 0.25) is 0 Å². The monoisotopic (exact) mass is 204 g/mol. The molecule has 0 saturated heterocycles. The summed E-state index contributed by atoms with van der Waals surface area (Å²) < 4.78 is 5.40. The average molecular weight is 204 g/mol. The van der Waals surface area contributed by atoms with Gasteiger partial charge in [-0.05, 0) is 11.5 Å². The van der Waals surface area contributed by atoms with E-state index in [1.54, 1.807) is 7.11 Å². The van der Waals surface area contributed by atoms with Crippen molar-refractivity contribution in [3.05, 3.63) is 23.9 Å². The first-order chi connectivity index (χ1) is 7.02. The van der Waals surface area contributed by atoms with Gasteiger partial charge in [-0.2, -0.15) is 5.10 Å². The molecule has 0 aliphatic heterocycles. The van der Waals surface area contributed by atoms with E-state index >= 15 is 0 Å². The molecule has 1 aromatic heterocycles. The Morgan fingerprint density at radius 2 is 2.00 bits per heavy atom. The third-order valence-corrected chi connectivity index (χ3v) is 2.57. The molecule has 0 spiro atoms. The number of ether oxygens (including phenoxy) is 1. The summed E-state index contributed by atoms with van der Waals surface area (Å²) in [6.07, 6.45) is 1.84. The van der Waals surface area contributed by atoms with Crippen LogP contribution in [0.1, 0.15) is 26.3 Å². The molecule has 0 fully saturated rings. The topological polar surface area (TPSA) is 37.9 Å². The third kappa shape index (κ3) is 1.69. The Morgan fingerprint density at radius 1 is 1.27 bits per heavy atom. The van der Waals surface area contributed by atoms with Gasteiger partial charge in [0.05, 0.1) is 18.8 Å². The number of methoxy groups -OCH3 is 1. The van der Waals surface area contributed by atoms with Gasteiger partial charge >= 0.3 is 0 Å². The first-order valence-corrected chi connectivity index (χ1v) is 5.04. The SMILES string of the molecule is COc1cc2[nH]ncc2cc1C(C)(C)C. The maximum atomic E-state index is 5.40. The van der Waals surface area contributed by atoms with Crippen LogP contribution in [0.15, 0.2) is 18.3 Å². The van der Waals surface area contributed by atoms with Crippen LogP contribution in [0.25, 0.3) is 10.9 Å². The minimum atomic E-state index is 0.0802. The first kappa shape index (κ1) is 10.0. The van der Waals surface area contributed by atoms with Gasteiger partial charge in [-0.15, -0.1) is 0 Å². The second-order valence-corrected chi connectivity index (χ2v) is 4.76. The summed E-state index contributed by atoms with van der Waals surface area (Å²) in [6, 6.07) is 4.14. The van der Waals surface area contributed by atoms with E-state index in [4.69, 9.17) is 4.74 Å². The van der Waals surface area contributed by atoms with Crippen LogP contribution in [0.5, 0.6) is 5.75 Å². The molecular formula is C12H16N2O. The number of nitrogens with zero attached hydrogens (tertiary/aromatic N) is 1. The van der Waals surface area contributed by atoms with Crippen molar-refractivity contribution in [3.8, 4) is 5.75 Å². The predicted octanol–water partition coefficient (Wildman–Crippen LogP) is 2.87. The Morgan fingerprint density at radius 3 is 2.60 bits per heavy atom. The lowest BCUT2D eigenvalue weighted by Crippen LogP contribution is -2.12. The minimum absolute atomic E-state index is 0.0802. The summed E-state index contributed by atoms with van der Waals surface area (Å²) in [5, 5.41) is 8.09. The summed E-state index contributed by atoms with van der Waals surface area (Å²) in [5.41, 5.74) is 2.30. The lowest BCUT2D eigenvalue weighted by atomic mass is 9.86. The van der Waals surface area contributed by atoms with Crippen LogP contribution < -0.4 is 4.74 Å². The number of hydrogen-bond donors (Lipinski definition) is 1. The molecule has 0 saturated carbocycles. The van der Waals surface area contributed by atoms with Crippen LogP contribution in [0.3, 0.4) is 0 Å². The van der Waals surface area contributed by atoms with Gasteiger partial charge in [-0.3, -0.25) is 5.10 Å². The Kier molecular flexibility index (Phi) is 2.18. The molecule has 1 aromatic carbocycles. The predicted molar refractivity (Wildman–Crippen MR) is 61.3 cm³/mol. The number of H-pyrrole nitrogens is 1. The van der Waals surface area contributed by atoms with Gasteiger partial charge in [-0.25, -0.2) is 0 Å². The van der Waals surface area contributed by atoms with Crippen molar-refractivity contribution in [1.82, 2.24) is 10.2 Å². The first-order valence-electron chi connectivity index (χ1n) is 5.04. The van der Waals surface area contributed by atoms with Gasteiger partial charge in [-0.1, -0.05) is 20.8 Å². The van der Waals surface area contributed by atoms with Crippen molar-refractivity contribution in [2.75, 3.05) is 7.11 Å². The Labute approximate surface area is 89.4 Å². The summed E-state index contributed by atoms with van der Waals surface area (Å²) >= 11 is 0. The smallest absolute Gasteiger partial charge is 0.124 e. The maximum absolute atomic E-state index is 5.40. The zero-order valence-electron chi connectivity index (χ0n) is 9.59. The molecule has 80 valence electrons. The molecular weight excluding hydrogens is 188 g/mol. The molecule has 0 radical (unpaired) electrons. The fourth-order valence-electron chi connectivity index (χ4n) is 1.73. The second-order valence-electron chi connectivity index (χ2n) is 4.76. The van der Waals surface area contributed by atoms with Gasteiger partial charge in [0.25, 0.3) is 0 Å². The van der Waals surface area contributed by atoms with E-state index in [9.17, 15) is 0 Å². The number of fused-ring (bicyclic) bond motifs is 1. The standard InChI is InChI=1S/C12H16N2O/c1-12(2,3)9-5-8-7-13-14-10(8)6-11(9)15-4/h5-7H,1-4H3,(H,13,14). The van der Waals surface area contributed by atoms with Gasteiger partial charge in [0.1, 0.15) is 5.75 Å². The molecule has 0 bridgehead atoms. The molecule has 2 aromatic rings. The number of aromatic amines is 1. The highest BCUT2D eigenvalue weighted by Crippen LogP contribution is 2.33. The zero-order valence-corrected chi connectivity index (χ0v) is 9.59. The Bertz CT molecular complexity index is 480. The van der Waals surface area contributed by atoms with E-state index in [1.807, 2.05) is 12.3 Å². The zero-order chi connectivity index (χ0) is 11.1. The fourth-order valence-corrected chi connectivity index (χ4v) is 1.73.